The minimum Gasteiger partial charge on any atom is -0.478 e. The van der Waals surface area contributed by atoms with Crippen molar-refractivity contribution in [2.24, 2.45) is 0 Å². The predicted octanol–water partition coefficient (Wildman–Crippen LogP) is 1.66. The first-order valence-electron chi connectivity index (χ1n) is 4.39. The van der Waals surface area contributed by atoms with E-state index in [1.165, 1.54) is 0 Å². The van der Waals surface area contributed by atoms with E-state index >= 15 is 0 Å². The summed E-state index contributed by atoms with van der Waals surface area (Å²) in [5, 5.41) is 20.9. The van der Waals surface area contributed by atoms with E-state index in [9.17, 15) is 28.1 Å². The number of nitrogens with zero attached hydrogens (tertiary/aromatic N) is 2. The topological polar surface area (TPSA) is 105 Å². The van der Waals surface area contributed by atoms with E-state index in [4.69, 9.17) is 5.11 Å². The summed E-state index contributed by atoms with van der Waals surface area (Å²) in [5.74, 6) is -2.10. The van der Waals surface area contributed by atoms with Gasteiger partial charge >= 0.3 is 17.8 Å². The minimum atomic E-state index is -4.57. The fourth-order valence-electron chi connectivity index (χ4n) is 1.03. The van der Waals surface area contributed by atoms with Crippen molar-refractivity contribution in [3.63, 3.8) is 0 Å². The monoisotopic (exact) mass is 265 g/mol. The minimum absolute atomic E-state index is 0.487. The van der Waals surface area contributed by atoms with Gasteiger partial charge in [-0.05, 0) is 0 Å². The third-order valence-electron chi connectivity index (χ3n) is 1.77. The Balaban J connectivity index is 3.05. The molecule has 1 rings (SSSR count). The molecule has 0 bridgehead atoms. The van der Waals surface area contributed by atoms with Crippen molar-refractivity contribution in [2.45, 2.75) is 6.18 Å². The Morgan fingerprint density at radius 2 is 2.17 bits per heavy atom. The van der Waals surface area contributed by atoms with Gasteiger partial charge in [-0.25, -0.2) is 9.78 Å². The second kappa shape index (κ2) is 4.85. The smallest absolute Gasteiger partial charge is 0.405 e. The van der Waals surface area contributed by atoms with Gasteiger partial charge < -0.3 is 10.4 Å². The van der Waals surface area contributed by atoms with Crippen LogP contribution in [0.5, 0.6) is 0 Å². The number of pyridine rings is 1. The molecule has 0 fully saturated rings. The van der Waals surface area contributed by atoms with Crippen LogP contribution in [0.1, 0.15) is 10.4 Å². The average Bonchev–Trinajstić information content (AvgIpc) is 2.24. The SMILES string of the molecule is O=C(O)c1cnc(NCC(F)(F)F)c([N+](=O)[O-])c1. The first-order valence-corrected chi connectivity index (χ1v) is 4.39. The van der Waals surface area contributed by atoms with Crippen molar-refractivity contribution in [3.05, 3.63) is 27.9 Å². The Bertz CT molecular complexity index is 489. The standard InChI is InChI=1S/C8H6F3N3O4/c9-8(10,11)3-13-6-5(14(17)18)1-4(2-12-6)7(15)16/h1-2H,3H2,(H,12,13)(H,15,16). The third kappa shape index (κ3) is 3.57. The number of carboxylic acid groups (broad SMARTS) is 1. The Morgan fingerprint density at radius 3 is 2.61 bits per heavy atom. The molecule has 0 aromatic carbocycles. The summed E-state index contributed by atoms with van der Waals surface area (Å²) in [5.41, 5.74) is -1.32. The third-order valence-corrected chi connectivity index (χ3v) is 1.77. The molecule has 0 radical (unpaired) electrons. The predicted molar refractivity (Wildman–Crippen MR) is 52.4 cm³/mol. The quantitative estimate of drug-likeness (QED) is 0.633. The van der Waals surface area contributed by atoms with Crippen LogP contribution >= 0.6 is 0 Å². The van der Waals surface area contributed by atoms with Gasteiger partial charge in [0, 0.05) is 12.3 Å². The zero-order valence-corrected chi connectivity index (χ0v) is 8.56. The fourth-order valence-corrected chi connectivity index (χ4v) is 1.03. The van der Waals surface area contributed by atoms with Gasteiger partial charge in [-0.1, -0.05) is 0 Å². The largest absolute Gasteiger partial charge is 0.478 e. The van der Waals surface area contributed by atoms with Crippen LogP contribution in [-0.2, 0) is 0 Å². The number of nitrogens with one attached hydrogen (secondary N) is 1. The fraction of sp³-hybridized carbons (Fsp3) is 0.250. The van der Waals surface area contributed by atoms with Gasteiger partial charge in [-0.2, -0.15) is 13.2 Å². The average molecular weight is 265 g/mol. The van der Waals surface area contributed by atoms with E-state index < -0.39 is 40.7 Å². The van der Waals surface area contributed by atoms with E-state index in [-0.39, 0.29) is 0 Å². The lowest BCUT2D eigenvalue weighted by atomic mass is 10.2. The van der Waals surface area contributed by atoms with Crippen LogP contribution in [0.25, 0.3) is 0 Å². The molecular formula is C8H6F3N3O4. The Kier molecular flexibility index (Phi) is 3.69. The molecule has 1 aromatic heterocycles. The second-order valence-electron chi connectivity index (χ2n) is 3.12. The molecule has 0 spiro atoms. The van der Waals surface area contributed by atoms with Gasteiger partial charge in [-0.15, -0.1) is 0 Å². The highest BCUT2D eigenvalue weighted by Gasteiger charge is 2.29. The van der Waals surface area contributed by atoms with E-state index in [1.54, 1.807) is 5.32 Å². The van der Waals surface area contributed by atoms with E-state index in [2.05, 4.69) is 4.98 Å². The zero-order valence-electron chi connectivity index (χ0n) is 8.56. The molecular weight excluding hydrogens is 259 g/mol. The molecule has 0 aliphatic rings. The van der Waals surface area contributed by atoms with Crippen molar-refractivity contribution in [1.29, 1.82) is 0 Å². The lowest BCUT2D eigenvalue weighted by Crippen LogP contribution is -2.22. The molecule has 0 amide bonds. The maximum atomic E-state index is 11.9. The van der Waals surface area contributed by atoms with E-state index in [0.29, 0.717) is 6.07 Å². The van der Waals surface area contributed by atoms with Crippen LogP contribution in [0, 0.1) is 10.1 Å². The highest BCUT2D eigenvalue weighted by molar-refractivity contribution is 5.88. The molecule has 0 aliphatic carbocycles. The number of halogens is 3. The highest BCUT2D eigenvalue weighted by atomic mass is 19.4. The molecule has 98 valence electrons. The number of anilines is 1. The molecule has 1 heterocycles. The number of nitro groups is 1. The van der Waals surface area contributed by atoms with Crippen LogP contribution in [-0.4, -0.2) is 33.7 Å². The Morgan fingerprint density at radius 1 is 1.56 bits per heavy atom. The number of carboxylic acids is 1. The van der Waals surface area contributed by atoms with Crippen molar-refractivity contribution >= 4 is 17.5 Å². The summed E-state index contributed by atoms with van der Waals surface area (Å²) in [6.45, 7) is -1.51. The van der Waals surface area contributed by atoms with Crippen LogP contribution in [0.2, 0.25) is 0 Å². The van der Waals surface area contributed by atoms with Crippen LogP contribution in [0.3, 0.4) is 0 Å². The molecule has 0 saturated heterocycles. The highest BCUT2D eigenvalue weighted by Crippen LogP contribution is 2.24. The van der Waals surface area contributed by atoms with Gasteiger partial charge in [0.2, 0.25) is 5.82 Å². The number of hydrogen-bond acceptors (Lipinski definition) is 5. The molecule has 0 saturated carbocycles. The van der Waals surface area contributed by atoms with Crippen molar-refractivity contribution < 1.29 is 28.0 Å². The molecule has 0 unspecified atom stereocenters. The first-order chi connectivity index (χ1) is 8.20. The molecule has 0 aliphatic heterocycles. The maximum absolute atomic E-state index is 11.9. The molecule has 1 aromatic rings. The van der Waals surface area contributed by atoms with Gasteiger partial charge in [0.05, 0.1) is 10.5 Å². The molecule has 2 N–H and O–H groups in total. The number of carbonyl (C=O) groups is 1. The molecule has 18 heavy (non-hydrogen) atoms. The maximum Gasteiger partial charge on any atom is 0.405 e. The van der Waals surface area contributed by atoms with Gasteiger partial charge in [0.1, 0.15) is 6.54 Å². The molecule has 0 atom stereocenters. The van der Waals surface area contributed by atoms with Crippen LogP contribution in [0.4, 0.5) is 24.7 Å². The zero-order chi connectivity index (χ0) is 13.9. The number of alkyl halides is 3. The van der Waals surface area contributed by atoms with Crippen molar-refractivity contribution in [1.82, 2.24) is 4.98 Å². The summed E-state index contributed by atoms with van der Waals surface area (Å²) in [4.78, 5) is 23.4. The summed E-state index contributed by atoms with van der Waals surface area (Å²) in [7, 11) is 0. The van der Waals surface area contributed by atoms with Gasteiger partial charge in [0.25, 0.3) is 0 Å². The number of aromatic nitrogens is 1. The lowest BCUT2D eigenvalue weighted by Gasteiger charge is -2.09. The molecule has 10 heteroatoms. The summed E-state index contributed by atoms with van der Waals surface area (Å²) in [6, 6.07) is 0.633. The number of hydrogen-bond donors (Lipinski definition) is 2. The lowest BCUT2D eigenvalue weighted by molar-refractivity contribution is -0.384. The molecule has 7 nitrogen and oxygen atoms in total. The number of aromatic carboxylic acids is 1. The van der Waals surface area contributed by atoms with Gasteiger partial charge in [-0.3, -0.25) is 10.1 Å². The van der Waals surface area contributed by atoms with Gasteiger partial charge in [0.15, 0.2) is 0 Å². The second-order valence-corrected chi connectivity index (χ2v) is 3.12. The van der Waals surface area contributed by atoms with Crippen molar-refractivity contribution in [2.75, 3.05) is 11.9 Å². The van der Waals surface area contributed by atoms with Crippen LogP contribution < -0.4 is 5.32 Å². The number of rotatable bonds is 4. The summed E-state index contributed by atoms with van der Waals surface area (Å²) < 4.78 is 35.8. The normalized spacial score (nSPS) is 11.1. The summed E-state index contributed by atoms with van der Waals surface area (Å²) in [6.07, 6.45) is -3.84. The van der Waals surface area contributed by atoms with Crippen molar-refractivity contribution in [3.8, 4) is 0 Å². The van der Waals surface area contributed by atoms with Crippen LogP contribution in [0.15, 0.2) is 12.3 Å². The van der Waals surface area contributed by atoms with E-state index in [1.807, 2.05) is 0 Å². The first kappa shape index (κ1) is 13.7. The Hall–Kier alpha value is -2.39. The Labute approximate surface area is 97.4 Å². The summed E-state index contributed by atoms with van der Waals surface area (Å²) >= 11 is 0. The van der Waals surface area contributed by atoms with E-state index in [0.717, 1.165) is 6.20 Å².